The summed E-state index contributed by atoms with van der Waals surface area (Å²) < 4.78 is 22.5. The van der Waals surface area contributed by atoms with Gasteiger partial charge in [0.15, 0.2) is 29.6 Å². The summed E-state index contributed by atoms with van der Waals surface area (Å²) in [6.07, 6.45) is 1.43. The molecule has 0 aromatic heterocycles. The lowest BCUT2D eigenvalue weighted by atomic mass is 10.2. The molecule has 3 rings (SSSR count). The Bertz CT molecular complexity index is 1310. The van der Waals surface area contributed by atoms with Crippen molar-refractivity contribution in [1.29, 1.82) is 0 Å². The molecule has 0 radical (unpaired) electrons. The highest BCUT2D eigenvalue weighted by atomic mass is 35.5. The van der Waals surface area contributed by atoms with E-state index in [1.165, 1.54) is 6.21 Å². The van der Waals surface area contributed by atoms with Gasteiger partial charge in [-0.25, -0.2) is 5.43 Å². The van der Waals surface area contributed by atoms with Crippen LogP contribution in [0.5, 0.6) is 23.0 Å². The van der Waals surface area contributed by atoms with E-state index in [9.17, 15) is 9.59 Å². The minimum atomic E-state index is -0.425. The molecular weight excluding hydrogens is 522 g/mol. The number of hydrogen-bond donors (Lipinski definition) is 2. The maximum absolute atomic E-state index is 12.6. The molecule has 0 saturated heterocycles. The second kappa shape index (κ2) is 14.6. The standard InChI is InChI=1S/C29H32ClN3O6/c1-5-36-24-13-10-21(16-25(24)37-6-2)29(35)33-31-17-20-14-23(30)28(26(15-20)38-7-3)39-18-27(34)32-22-11-8-19(4)9-12-22/h8-17H,5-7,18H2,1-4H3,(H,32,34)(H,33,35)/b31-17+. The first-order chi connectivity index (χ1) is 18.8. The van der Waals surface area contributed by atoms with Gasteiger partial charge in [-0.05, 0) is 75.7 Å². The molecule has 3 aromatic rings. The summed E-state index contributed by atoms with van der Waals surface area (Å²) in [5.41, 5.74) is 5.16. The average Bonchev–Trinajstić information content (AvgIpc) is 2.91. The predicted molar refractivity (Wildman–Crippen MR) is 152 cm³/mol. The lowest BCUT2D eigenvalue weighted by molar-refractivity contribution is -0.118. The number of nitrogens with zero attached hydrogens (tertiary/aromatic N) is 1. The Labute approximate surface area is 233 Å². The molecule has 0 bridgehead atoms. The molecule has 0 saturated carbocycles. The van der Waals surface area contributed by atoms with Gasteiger partial charge in [0, 0.05) is 11.3 Å². The number of halogens is 1. The number of anilines is 1. The van der Waals surface area contributed by atoms with Crippen LogP contribution < -0.4 is 29.7 Å². The summed E-state index contributed by atoms with van der Waals surface area (Å²) >= 11 is 6.44. The van der Waals surface area contributed by atoms with Crippen LogP contribution in [0.1, 0.15) is 42.3 Å². The Kier molecular flexibility index (Phi) is 11.0. The first-order valence-corrected chi connectivity index (χ1v) is 12.9. The van der Waals surface area contributed by atoms with E-state index in [1.807, 2.05) is 52.0 Å². The van der Waals surface area contributed by atoms with Crippen LogP contribution in [0.15, 0.2) is 59.7 Å². The topological polar surface area (TPSA) is 107 Å². The smallest absolute Gasteiger partial charge is 0.271 e. The van der Waals surface area contributed by atoms with E-state index in [1.54, 1.807) is 30.3 Å². The Balaban J connectivity index is 1.66. The molecular formula is C29H32ClN3O6. The van der Waals surface area contributed by atoms with Crippen molar-refractivity contribution in [3.63, 3.8) is 0 Å². The van der Waals surface area contributed by atoms with Gasteiger partial charge in [-0.1, -0.05) is 29.3 Å². The molecule has 0 aliphatic rings. The minimum absolute atomic E-state index is 0.227. The number of carbonyl (C=O) groups is 2. The van der Waals surface area contributed by atoms with E-state index in [4.69, 9.17) is 30.5 Å². The van der Waals surface area contributed by atoms with Crippen LogP contribution in [0.4, 0.5) is 5.69 Å². The third-order valence-electron chi connectivity index (χ3n) is 5.20. The number of carbonyl (C=O) groups excluding carboxylic acids is 2. The highest BCUT2D eigenvalue weighted by molar-refractivity contribution is 6.32. The van der Waals surface area contributed by atoms with E-state index >= 15 is 0 Å². The van der Waals surface area contributed by atoms with Crippen molar-refractivity contribution >= 4 is 35.3 Å². The number of amides is 2. The zero-order chi connectivity index (χ0) is 28.2. The molecule has 2 amide bonds. The minimum Gasteiger partial charge on any atom is -0.490 e. The van der Waals surface area contributed by atoms with Gasteiger partial charge in [-0.15, -0.1) is 0 Å². The van der Waals surface area contributed by atoms with Crippen molar-refractivity contribution in [1.82, 2.24) is 5.43 Å². The van der Waals surface area contributed by atoms with Crippen LogP contribution in [0.2, 0.25) is 5.02 Å². The highest BCUT2D eigenvalue weighted by Gasteiger charge is 2.15. The molecule has 9 nitrogen and oxygen atoms in total. The number of nitrogens with one attached hydrogen (secondary N) is 2. The first kappa shape index (κ1) is 29.3. The lowest BCUT2D eigenvalue weighted by Crippen LogP contribution is -2.20. The molecule has 0 aliphatic heterocycles. The average molecular weight is 554 g/mol. The Morgan fingerprint density at radius 1 is 0.846 bits per heavy atom. The fourth-order valence-electron chi connectivity index (χ4n) is 3.46. The fourth-order valence-corrected chi connectivity index (χ4v) is 3.73. The Morgan fingerprint density at radius 3 is 2.21 bits per heavy atom. The number of hydrogen-bond acceptors (Lipinski definition) is 7. The van der Waals surface area contributed by atoms with Crippen LogP contribution in [0.3, 0.4) is 0 Å². The van der Waals surface area contributed by atoms with E-state index in [0.29, 0.717) is 53.9 Å². The van der Waals surface area contributed by atoms with Crippen LogP contribution >= 0.6 is 11.6 Å². The zero-order valence-corrected chi connectivity index (χ0v) is 23.1. The summed E-state index contributed by atoms with van der Waals surface area (Å²) in [4.78, 5) is 25.0. The summed E-state index contributed by atoms with van der Waals surface area (Å²) in [5, 5.41) is 7.03. The van der Waals surface area contributed by atoms with E-state index in [2.05, 4.69) is 15.8 Å². The van der Waals surface area contributed by atoms with E-state index in [-0.39, 0.29) is 23.3 Å². The molecule has 0 heterocycles. The second-order valence-electron chi connectivity index (χ2n) is 8.19. The van der Waals surface area contributed by atoms with Crippen molar-refractivity contribution in [3.05, 3.63) is 76.3 Å². The zero-order valence-electron chi connectivity index (χ0n) is 22.4. The van der Waals surface area contributed by atoms with Crippen molar-refractivity contribution in [3.8, 4) is 23.0 Å². The molecule has 2 N–H and O–H groups in total. The van der Waals surface area contributed by atoms with Gasteiger partial charge >= 0.3 is 0 Å². The number of hydrazone groups is 1. The van der Waals surface area contributed by atoms with E-state index < -0.39 is 5.91 Å². The molecule has 0 spiro atoms. The Morgan fingerprint density at radius 2 is 1.51 bits per heavy atom. The highest BCUT2D eigenvalue weighted by Crippen LogP contribution is 2.36. The monoisotopic (exact) mass is 553 g/mol. The van der Waals surface area contributed by atoms with Crippen LogP contribution in [-0.4, -0.2) is 44.5 Å². The molecule has 0 atom stereocenters. The van der Waals surface area contributed by atoms with Crippen molar-refractivity contribution < 1.29 is 28.5 Å². The largest absolute Gasteiger partial charge is 0.490 e. The van der Waals surface area contributed by atoms with Gasteiger partial charge in [-0.3, -0.25) is 9.59 Å². The predicted octanol–water partition coefficient (Wildman–Crippen LogP) is 5.63. The molecule has 0 aliphatic carbocycles. The third kappa shape index (κ3) is 8.65. The van der Waals surface area contributed by atoms with Gasteiger partial charge in [-0.2, -0.15) is 5.10 Å². The number of rotatable bonds is 13. The van der Waals surface area contributed by atoms with Gasteiger partial charge in [0.2, 0.25) is 0 Å². The van der Waals surface area contributed by atoms with E-state index in [0.717, 1.165) is 5.56 Å². The lowest BCUT2D eigenvalue weighted by Gasteiger charge is -2.14. The molecule has 0 unspecified atom stereocenters. The Hall–Kier alpha value is -4.24. The summed E-state index contributed by atoms with van der Waals surface area (Å²) in [5.74, 6) is 0.850. The summed E-state index contributed by atoms with van der Waals surface area (Å²) in [6, 6.07) is 15.6. The second-order valence-corrected chi connectivity index (χ2v) is 8.60. The molecule has 10 heteroatoms. The normalized spacial score (nSPS) is 10.7. The summed E-state index contributed by atoms with van der Waals surface area (Å²) in [6.45, 7) is 8.50. The number of benzene rings is 3. The van der Waals surface area contributed by atoms with Gasteiger partial charge in [0.05, 0.1) is 31.1 Å². The summed E-state index contributed by atoms with van der Waals surface area (Å²) in [7, 11) is 0. The maximum atomic E-state index is 12.6. The quantitative estimate of drug-likeness (QED) is 0.210. The van der Waals surface area contributed by atoms with Crippen molar-refractivity contribution in [2.45, 2.75) is 27.7 Å². The van der Waals surface area contributed by atoms with Crippen LogP contribution in [0, 0.1) is 6.92 Å². The van der Waals surface area contributed by atoms with Gasteiger partial charge in [0.1, 0.15) is 0 Å². The van der Waals surface area contributed by atoms with Crippen LogP contribution in [0.25, 0.3) is 0 Å². The van der Waals surface area contributed by atoms with Crippen molar-refractivity contribution in [2.24, 2.45) is 5.10 Å². The molecule has 0 fully saturated rings. The first-order valence-electron chi connectivity index (χ1n) is 12.5. The SMILES string of the molecule is CCOc1ccc(C(=O)N/N=C/c2cc(Cl)c(OCC(=O)Nc3ccc(C)cc3)c(OCC)c2)cc1OCC. The van der Waals surface area contributed by atoms with Gasteiger partial charge < -0.3 is 24.3 Å². The maximum Gasteiger partial charge on any atom is 0.271 e. The van der Waals surface area contributed by atoms with Crippen LogP contribution in [-0.2, 0) is 4.79 Å². The molecule has 3 aromatic carbocycles. The number of aryl methyl sites for hydroxylation is 1. The van der Waals surface area contributed by atoms with Gasteiger partial charge in [0.25, 0.3) is 11.8 Å². The van der Waals surface area contributed by atoms with Crippen molar-refractivity contribution in [2.75, 3.05) is 31.7 Å². The fraction of sp³-hybridized carbons (Fsp3) is 0.276. The molecule has 39 heavy (non-hydrogen) atoms. The third-order valence-corrected chi connectivity index (χ3v) is 5.48. The number of ether oxygens (including phenoxy) is 4. The molecule has 206 valence electrons.